The third kappa shape index (κ3) is 2.41. The van der Waals surface area contributed by atoms with Crippen LogP contribution in [0.25, 0.3) is 0 Å². The fraction of sp³-hybridized carbons (Fsp3) is 0.750. The predicted octanol–water partition coefficient (Wildman–Crippen LogP) is -0.518. The van der Waals surface area contributed by atoms with Gasteiger partial charge >= 0.3 is 0 Å². The number of carbonyl (C=O) groups excluding carboxylic acids is 1. The van der Waals surface area contributed by atoms with E-state index in [-0.39, 0.29) is 18.5 Å². The molecule has 3 heterocycles. The van der Waals surface area contributed by atoms with Crippen molar-refractivity contribution in [3.63, 3.8) is 0 Å². The zero-order valence-electron chi connectivity index (χ0n) is 11.3. The summed E-state index contributed by atoms with van der Waals surface area (Å²) >= 11 is 0. The summed E-state index contributed by atoms with van der Waals surface area (Å²) in [6.07, 6.45) is 1.41. The molecule has 2 aliphatic rings. The van der Waals surface area contributed by atoms with Crippen molar-refractivity contribution in [3.05, 3.63) is 11.7 Å². The molecule has 20 heavy (non-hydrogen) atoms. The number of nitrogens with one attached hydrogen (secondary N) is 2. The third-order valence-corrected chi connectivity index (χ3v) is 3.85. The summed E-state index contributed by atoms with van der Waals surface area (Å²) in [4.78, 5) is 15.6. The summed E-state index contributed by atoms with van der Waals surface area (Å²) in [7, 11) is 1.65. The Morgan fingerprint density at radius 2 is 2.20 bits per heavy atom. The molecule has 0 radical (unpaired) electrons. The SMILES string of the molecule is COC1(c2noc(C3CNC(=O)CN3)n2)CCOCC1. The Kier molecular flexibility index (Phi) is 3.68. The smallest absolute Gasteiger partial charge is 0.245 e. The first-order valence-electron chi connectivity index (χ1n) is 6.70. The number of carbonyl (C=O) groups is 1. The largest absolute Gasteiger partial charge is 0.381 e. The van der Waals surface area contributed by atoms with Crippen LogP contribution >= 0.6 is 0 Å². The summed E-state index contributed by atoms with van der Waals surface area (Å²) in [5.41, 5.74) is -0.530. The maximum absolute atomic E-state index is 11.1. The summed E-state index contributed by atoms with van der Waals surface area (Å²) in [5.74, 6) is 0.999. The van der Waals surface area contributed by atoms with Gasteiger partial charge in [0.2, 0.25) is 17.6 Å². The second kappa shape index (κ2) is 5.47. The molecule has 0 aliphatic carbocycles. The fourth-order valence-electron chi connectivity index (χ4n) is 2.52. The minimum absolute atomic E-state index is 0.0289. The zero-order chi connectivity index (χ0) is 14.0. The van der Waals surface area contributed by atoms with Crippen LogP contribution in [0.4, 0.5) is 0 Å². The zero-order valence-corrected chi connectivity index (χ0v) is 11.3. The fourth-order valence-corrected chi connectivity index (χ4v) is 2.52. The molecule has 2 N–H and O–H groups in total. The van der Waals surface area contributed by atoms with Gasteiger partial charge in [-0.25, -0.2) is 0 Å². The van der Waals surface area contributed by atoms with Gasteiger partial charge in [0.25, 0.3) is 0 Å². The van der Waals surface area contributed by atoms with Gasteiger partial charge in [0, 0.05) is 39.7 Å². The monoisotopic (exact) mass is 282 g/mol. The van der Waals surface area contributed by atoms with E-state index in [1.165, 1.54) is 0 Å². The Labute approximate surface area is 116 Å². The number of hydrogen-bond donors (Lipinski definition) is 2. The molecule has 1 aromatic heterocycles. The molecular formula is C12H18N4O4. The maximum Gasteiger partial charge on any atom is 0.245 e. The Morgan fingerprint density at radius 3 is 2.85 bits per heavy atom. The van der Waals surface area contributed by atoms with Crippen LogP contribution in [-0.4, -0.2) is 49.5 Å². The topological polar surface area (TPSA) is 98.5 Å². The number of methoxy groups -OCH3 is 1. The van der Waals surface area contributed by atoms with E-state index in [4.69, 9.17) is 14.0 Å². The van der Waals surface area contributed by atoms with E-state index in [0.717, 1.165) is 0 Å². The van der Waals surface area contributed by atoms with Crippen LogP contribution in [-0.2, 0) is 19.9 Å². The molecule has 2 saturated heterocycles. The van der Waals surface area contributed by atoms with Crippen LogP contribution in [0.3, 0.4) is 0 Å². The maximum atomic E-state index is 11.1. The first-order valence-corrected chi connectivity index (χ1v) is 6.70. The number of nitrogens with zero attached hydrogens (tertiary/aromatic N) is 2. The van der Waals surface area contributed by atoms with Crippen LogP contribution in [0.15, 0.2) is 4.52 Å². The van der Waals surface area contributed by atoms with Crippen molar-refractivity contribution in [1.29, 1.82) is 0 Å². The van der Waals surface area contributed by atoms with Gasteiger partial charge in [0.15, 0.2) is 0 Å². The van der Waals surface area contributed by atoms with Crippen molar-refractivity contribution in [2.45, 2.75) is 24.5 Å². The first kappa shape index (κ1) is 13.5. The quantitative estimate of drug-likeness (QED) is 0.769. The Hall–Kier alpha value is -1.51. The van der Waals surface area contributed by atoms with Gasteiger partial charge in [-0.2, -0.15) is 4.98 Å². The summed E-state index contributed by atoms with van der Waals surface area (Å²) in [6, 6.07) is -0.150. The third-order valence-electron chi connectivity index (χ3n) is 3.85. The molecule has 8 nitrogen and oxygen atoms in total. The van der Waals surface area contributed by atoms with Crippen LogP contribution in [0.1, 0.15) is 30.6 Å². The lowest BCUT2D eigenvalue weighted by molar-refractivity contribution is -0.121. The molecule has 1 atom stereocenters. The number of hydrogen-bond acceptors (Lipinski definition) is 7. The van der Waals surface area contributed by atoms with Crippen LogP contribution in [0.2, 0.25) is 0 Å². The lowest BCUT2D eigenvalue weighted by Gasteiger charge is -2.32. The van der Waals surface area contributed by atoms with Gasteiger partial charge in [0.1, 0.15) is 11.6 Å². The van der Waals surface area contributed by atoms with Gasteiger partial charge in [-0.15, -0.1) is 0 Å². The van der Waals surface area contributed by atoms with Crippen LogP contribution in [0.5, 0.6) is 0 Å². The Morgan fingerprint density at radius 1 is 1.40 bits per heavy atom. The molecule has 2 fully saturated rings. The van der Waals surface area contributed by atoms with Crippen LogP contribution in [0, 0.1) is 0 Å². The average molecular weight is 282 g/mol. The van der Waals surface area contributed by atoms with E-state index in [9.17, 15) is 4.79 Å². The molecule has 1 amide bonds. The van der Waals surface area contributed by atoms with Crippen molar-refractivity contribution in [3.8, 4) is 0 Å². The van der Waals surface area contributed by atoms with Crippen LogP contribution < -0.4 is 10.6 Å². The first-order chi connectivity index (χ1) is 9.73. The molecule has 1 unspecified atom stereocenters. The molecule has 0 aromatic carbocycles. The number of aromatic nitrogens is 2. The summed E-state index contributed by atoms with van der Waals surface area (Å²) in [6.45, 7) is 1.94. The van der Waals surface area contributed by atoms with Crippen molar-refractivity contribution in [1.82, 2.24) is 20.8 Å². The second-order valence-electron chi connectivity index (χ2n) is 5.00. The standard InChI is InChI=1S/C12H18N4O4/c1-18-12(2-4-19-5-3-12)11-15-10(20-16-11)8-6-14-9(17)7-13-8/h8,13H,2-7H2,1H3,(H,14,17). The molecule has 110 valence electrons. The number of ether oxygens (including phenoxy) is 2. The van der Waals surface area contributed by atoms with Crippen molar-refractivity contribution in [2.24, 2.45) is 0 Å². The lowest BCUT2D eigenvalue weighted by Crippen LogP contribution is -2.47. The van der Waals surface area contributed by atoms with E-state index in [0.29, 0.717) is 44.3 Å². The lowest BCUT2D eigenvalue weighted by atomic mass is 9.93. The van der Waals surface area contributed by atoms with E-state index < -0.39 is 5.60 Å². The number of piperazine rings is 1. The average Bonchev–Trinajstić information content (AvgIpc) is 2.99. The van der Waals surface area contributed by atoms with Gasteiger partial charge in [-0.1, -0.05) is 5.16 Å². The van der Waals surface area contributed by atoms with Gasteiger partial charge in [-0.3, -0.25) is 10.1 Å². The highest BCUT2D eigenvalue weighted by molar-refractivity contribution is 5.78. The van der Waals surface area contributed by atoms with Crippen molar-refractivity contribution < 1.29 is 18.8 Å². The Bertz CT molecular complexity index is 474. The molecule has 3 rings (SSSR count). The molecule has 0 spiro atoms. The number of amides is 1. The molecular weight excluding hydrogens is 264 g/mol. The van der Waals surface area contributed by atoms with E-state index >= 15 is 0 Å². The summed E-state index contributed by atoms with van der Waals surface area (Å²) < 4.78 is 16.3. The van der Waals surface area contributed by atoms with E-state index in [2.05, 4.69) is 20.8 Å². The number of rotatable bonds is 3. The molecule has 2 aliphatic heterocycles. The minimum Gasteiger partial charge on any atom is -0.381 e. The molecule has 0 bridgehead atoms. The highest BCUT2D eigenvalue weighted by Gasteiger charge is 2.40. The van der Waals surface area contributed by atoms with Crippen molar-refractivity contribution in [2.75, 3.05) is 33.4 Å². The highest BCUT2D eigenvalue weighted by atomic mass is 16.5. The molecule has 0 saturated carbocycles. The van der Waals surface area contributed by atoms with E-state index in [1.807, 2.05) is 0 Å². The minimum atomic E-state index is -0.530. The van der Waals surface area contributed by atoms with Gasteiger partial charge in [-0.05, 0) is 0 Å². The molecule has 8 heteroatoms. The highest BCUT2D eigenvalue weighted by Crippen LogP contribution is 2.34. The Balaban J connectivity index is 1.77. The predicted molar refractivity (Wildman–Crippen MR) is 66.8 cm³/mol. The van der Waals surface area contributed by atoms with Crippen molar-refractivity contribution >= 4 is 5.91 Å². The second-order valence-corrected chi connectivity index (χ2v) is 5.00. The van der Waals surface area contributed by atoms with Gasteiger partial charge in [0.05, 0.1) is 6.54 Å². The summed E-state index contributed by atoms with van der Waals surface area (Å²) in [5, 5.41) is 9.88. The molecule has 1 aromatic rings. The van der Waals surface area contributed by atoms with Gasteiger partial charge < -0.3 is 19.3 Å². The van der Waals surface area contributed by atoms with E-state index in [1.54, 1.807) is 7.11 Å². The normalized spacial score (nSPS) is 26.2.